The quantitative estimate of drug-likeness (QED) is 0.753. The lowest BCUT2D eigenvalue weighted by molar-refractivity contribution is 0.0946. The van der Waals surface area contributed by atoms with E-state index < -0.39 is 0 Å². The minimum atomic E-state index is -0.000848. The maximum Gasteiger partial charge on any atom is 0.251 e. The third-order valence-corrected chi connectivity index (χ3v) is 4.83. The van der Waals surface area contributed by atoms with Gasteiger partial charge in [0.2, 0.25) is 0 Å². The third-order valence-electron chi connectivity index (χ3n) is 4.83. The first-order valence-corrected chi connectivity index (χ1v) is 8.97. The number of rotatable bonds is 9. The molecule has 1 aliphatic heterocycles. The van der Waals surface area contributed by atoms with E-state index in [0.29, 0.717) is 11.5 Å². The van der Waals surface area contributed by atoms with Crippen LogP contribution in [0.3, 0.4) is 0 Å². The molecule has 2 aliphatic rings. The van der Waals surface area contributed by atoms with Gasteiger partial charge in [0.1, 0.15) is 5.75 Å². The minimum absolute atomic E-state index is 0.000848. The zero-order chi connectivity index (χ0) is 16.8. The lowest BCUT2D eigenvalue weighted by Crippen LogP contribution is -2.31. The number of methoxy groups -OCH3 is 1. The van der Waals surface area contributed by atoms with E-state index in [2.05, 4.69) is 10.2 Å². The van der Waals surface area contributed by atoms with Crippen molar-refractivity contribution < 1.29 is 14.3 Å². The van der Waals surface area contributed by atoms with Gasteiger partial charge in [-0.2, -0.15) is 0 Å². The number of ether oxygens (including phenoxy) is 2. The maximum absolute atomic E-state index is 12.3. The van der Waals surface area contributed by atoms with E-state index in [1.54, 1.807) is 7.11 Å². The lowest BCUT2D eigenvalue weighted by atomic mass is 10.1. The fourth-order valence-electron chi connectivity index (χ4n) is 3.04. The molecule has 1 amide bonds. The highest BCUT2D eigenvalue weighted by Crippen LogP contribution is 2.29. The highest BCUT2D eigenvalue weighted by atomic mass is 16.5. The Kier molecular flexibility index (Phi) is 6.10. The topological polar surface area (TPSA) is 50.8 Å². The van der Waals surface area contributed by atoms with Gasteiger partial charge in [-0.15, -0.1) is 0 Å². The molecule has 1 atom stereocenters. The smallest absolute Gasteiger partial charge is 0.251 e. The molecule has 1 saturated heterocycles. The first kappa shape index (κ1) is 17.2. The summed E-state index contributed by atoms with van der Waals surface area (Å²) in [5.74, 6) is 2.12. The van der Waals surface area contributed by atoms with Gasteiger partial charge in [0.05, 0.1) is 13.2 Å². The second kappa shape index (κ2) is 8.49. The molecule has 5 nitrogen and oxygen atoms in total. The molecule has 3 rings (SSSR count). The minimum Gasteiger partial charge on any atom is -0.493 e. The van der Waals surface area contributed by atoms with Crippen LogP contribution in [0.5, 0.6) is 5.75 Å². The van der Waals surface area contributed by atoms with Crippen LogP contribution >= 0.6 is 0 Å². The first-order valence-electron chi connectivity index (χ1n) is 8.97. The highest BCUT2D eigenvalue weighted by Gasteiger charge is 2.23. The largest absolute Gasteiger partial charge is 0.493 e. The normalized spacial score (nSPS) is 21.0. The molecule has 1 aliphatic carbocycles. The van der Waals surface area contributed by atoms with Crippen LogP contribution in [-0.4, -0.2) is 57.3 Å². The van der Waals surface area contributed by atoms with Gasteiger partial charge < -0.3 is 19.7 Å². The summed E-state index contributed by atoms with van der Waals surface area (Å²) in [6, 6.07) is 7.47. The molecule has 0 unspecified atom stereocenters. The zero-order valence-corrected chi connectivity index (χ0v) is 14.5. The summed E-state index contributed by atoms with van der Waals surface area (Å²) >= 11 is 0. The number of benzene rings is 1. The van der Waals surface area contributed by atoms with Crippen molar-refractivity contribution in [1.29, 1.82) is 0 Å². The standard InChI is InChI=1S/C19H28N2O3/c1-23-11-10-21-9-8-16(13-21)12-20-19(22)17-4-6-18(7-5-17)24-14-15-2-3-15/h4-7,15-16H,2-3,8-14H2,1H3,(H,20,22)/t16-/m1/s1. The Morgan fingerprint density at radius 3 is 2.71 bits per heavy atom. The SMILES string of the molecule is COCCN1CC[C@H](CNC(=O)c2ccc(OCC3CC3)cc2)C1. The van der Waals surface area contributed by atoms with Crippen LogP contribution in [0.1, 0.15) is 29.6 Å². The van der Waals surface area contributed by atoms with Crippen LogP contribution in [0.4, 0.5) is 0 Å². The maximum atomic E-state index is 12.3. The molecule has 1 saturated carbocycles. The molecule has 24 heavy (non-hydrogen) atoms. The average Bonchev–Trinajstić information content (AvgIpc) is 3.34. The van der Waals surface area contributed by atoms with Gasteiger partial charge in [0.25, 0.3) is 5.91 Å². The van der Waals surface area contributed by atoms with E-state index in [1.807, 2.05) is 24.3 Å². The van der Waals surface area contributed by atoms with Crippen molar-refractivity contribution in [2.45, 2.75) is 19.3 Å². The van der Waals surface area contributed by atoms with Crippen LogP contribution in [0.2, 0.25) is 0 Å². The predicted molar refractivity (Wildman–Crippen MR) is 93.4 cm³/mol. The van der Waals surface area contributed by atoms with Gasteiger partial charge in [0, 0.05) is 32.3 Å². The molecule has 5 heteroatoms. The van der Waals surface area contributed by atoms with Crippen molar-refractivity contribution in [2.75, 3.05) is 46.5 Å². The van der Waals surface area contributed by atoms with Gasteiger partial charge in [0.15, 0.2) is 0 Å². The second-order valence-electron chi connectivity index (χ2n) is 6.94. The van der Waals surface area contributed by atoms with Crippen LogP contribution in [-0.2, 0) is 4.74 Å². The molecular formula is C19H28N2O3. The Morgan fingerprint density at radius 2 is 2.00 bits per heavy atom. The van der Waals surface area contributed by atoms with E-state index in [1.165, 1.54) is 12.8 Å². The van der Waals surface area contributed by atoms with Gasteiger partial charge in [-0.25, -0.2) is 0 Å². The van der Waals surface area contributed by atoms with E-state index in [4.69, 9.17) is 9.47 Å². The van der Waals surface area contributed by atoms with E-state index in [9.17, 15) is 4.79 Å². The zero-order valence-electron chi connectivity index (χ0n) is 14.5. The fraction of sp³-hybridized carbons (Fsp3) is 0.632. The number of carbonyl (C=O) groups excluding carboxylic acids is 1. The third kappa shape index (κ3) is 5.21. The Labute approximate surface area is 144 Å². The summed E-state index contributed by atoms with van der Waals surface area (Å²) in [6.07, 6.45) is 3.70. The first-order chi connectivity index (χ1) is 11.7. The summed E-state index contributed by atoms with van der Waals surface area (Å²) in [5, 5.41) is 3.06. The van der Waals surface area contributed by atoms with E-state index >= 15 is 0 Å². The Bertz CT molecular complexity index is 528. The van der Waals surface area contributed by atoms with Gasteiger partial charge >= 0.3 is 0 Å². The van der Waals surface area contributed by atoms with Gasteiger partial charge in [-0.1, -0.05) is 0 Å². The molecule has 0 spiro atoms. The number of amides is 1. The van der Waals surface area contributed by atoms with Crippen molar-refractivity contribution in [3.8, 4) is 5.75 Å². The van der Waals surface area contributed by atoms with Crippen molar-refractivity contribution in [1.82, 2.24) is 10.2 Å². The molecule has 2 fully saturated rings. The molecule has 1 aromatic carbocycles. The molecule has 132 valence electrons. The number of nitrogens with zero attached hydrogens (tertiary/aromatic N) is 1. The summed E-state index contributed by atoms with van der Waals surface area (Å²) < 4.78 is 10.8. The van der Waals surface area contributed by atoms with Crippen molar-refractivity contribution in [3.63, 3.8) is 0 Å². The summed E-state index contributed by atoms with van der Waals surface area (Å²) in [4.78, 5) is 14.7. The summed E-state index contributed by atoms with van der Waals surface area (Å²) in [5.41, 5.74) is 0.697. The van der Waals surface area contributed by atoms with E-state index in [0.717, 1.165) is 57.5 Å². The van der Waals surface area contributed by atoms with Gasteiger partial charge in [-0.05, 0) is 61.9 Å². The number of carbonyl (C=O) groups is 1. The summed E-state index contributed by atoms with van der Waals surface area (Å²) in [6.45, 7) is 5.42. The number of likely N-dealkylation sites (tertiary alicyclic amines) is 1. The molecule has 1 heterocycles. The molecule has 0 radical (unpaired) electrons. The van der Waals surface area contributed by atoms with E-state index in [-0.39, 0.29) is 5.91 Å². The molecule has 1 aromatic rings. The van der Waals surface area contributed by atoms with Crippen LogP contribution < -0.4 is 10.1 Å². The summed E-state index contributed by atoms with van der Waals surface area (Å²) in [7, 11) is 1.73. The predicted octanol–water partition coefficient (Wildman–Crippen LogP) is 2.17. The fourth-order valence-corrected chi connectivity index (χ4v) is 3.04. The van der Waals surface area contributed by atoms with Crippen LogP contribution in [0.15, 0.2) is 24.3 Å². The Balaban J connectivity index is 1.38. The molecular weight excluding hydrogens is 304 g/mol. The molecule has 1 N–H and O–H groups in total. The van der Waals surface area contributed by atoms with Gasteiger partial charge in [-0.3, -0.25) is 4.79 Å². The molecule has 0 aromatic heterocycles. The Hall–Kier alpha value is -1.59. The number of hydrogen-bond acceptors (Lipinski definition) is 4. The lowest BCUT2D eigenvalue weighted by Gasteiger charge is -2.15. The Morgan fingerprint density at radius 1 is 1.21 bits per heavy atom. The van der Waals surface area contributed by atoms with Crippen molar-refractivity contribution in [3.05, 3.63) is 29.8 Å². The average molecular weight is 332 g/mol. The second-order valence-corrected chi connectivity index (χ2v) is 6.94. The monoisotopic (exact) mass is 332 g/mol. The molecule has 0 bridgehead atoms. The number of nitrogens with one attached hydrogen (secondary N) is 1. The van der Waals surface area contributed by atoms with Crippen molar-refractivity contribution >= 4 is 5.91 Å². The van der Waals surface area contributed by atoms with Crippen LogP contribution in [0, 0.1) is 11.8 Å². The number of hydrogen-bond donors (Lipinski definition) is 1. The van der Waals surface area contributed by atoms with Crippen molar-refractivity contribution in [2.24, 2.45) is 11.8 Å². The van der Waals surface area contributed by atoms with Crippen LogP contribution in [0.25, 0.3) is 0 Å². The highest BCUT2D eigenvalue weighted by molar-refractivity contribution is 5.94.